The van der Waals surface area contributed by atoms with Gasteiger partial charge in [0.05, 0.1) is 0 Å². The Kier molecular flexibility index (Phi) is 6.74. The van der Waals surface area contributed by atoms with Gasteiger partial charge in [-0.25, -0.2) is 0 Å². The zero-order chi connectivity index (χ0) is 12.9. The lowest BCUT2D eigenvalue weighted by molar-refractivity contribution is 0.359. The third kappa shape index (κ3) is 3.82. The summed E-state index contributed by atoms with van der Waals surface area (Å²) >= 11 is 0. The Labute approximate surface area is 105 Å². The highest BCUT2D eigenvalue weighted by Gasteiger charge is 2.35. The van der Waals surface area contributed by atoms with E-state index < -0.39 is 0 Å². The molecule has 16 heavy (non-hydrogen) atoms. The maximum Gasteiger partial charge on any atom is 0.123 e. The molecule has 0 spiro atoms. The molecule has 0 aromatic rings. The van der Waals surface area contributed by atoms with Gasteiger partial charge in [0.2, 0.25) is 0 Å². The van der Waals surface area contributed by atoms with Crippen LogP contribution in [-0.2, 0) is 0 Å². The first-order chi connectivity index (χ1) is 7.30. The Morgan fingerprint density at radius 3 is 1.38 bits per heavy atom. The van der Waals surface area contributed by atoms with Crippen molar-refractivity contribution in [1.82, 2.24) is 0 Å². The van der Waals surface area contributed by atoms with E-state index in [2.05, 4.69) is 62.7 Å². The molecule has 0 aliphatic carbocycles. The third-order valence-corrected chi connectivity index (χ3v) is 4.53. The van der Waals surface area contributed by atoms with Gasteiger partial charge in [-0.2, -0.15) is 0 Å². The van der Waals surface area contributed by atoms with Crippen molar-refractivity contribution in [3.05, 3.63) is 0 Å². The normalized spacial score (nSPS) is 13.2. The Morgan fingerprint density at radius 2 is 1.19 bits per heavy atom. The second kappa shape index (κ2) is 6.72. The molecule has 0 atom stereocenters. The largest absolute Gasteiger partial charge is 0.123 e. The van der Waals surface area contributed by atoms with E-state index in [1.807, 2.05) is 0 Å². The third-order valence-electron chi connectivity index (χ3n) is 4.53. The fourth-order valence-corrected chi connectivity index (χ4v) is 3.03. The fourth-order valence-electron chi connectivity index (χ4n) is 3.03. The van der Waals surface area contributed by atoms with E-state index in [4.69, 9.17) is 0 Å². The van der Waals surface area contributed by atoms with Gasteiger partial charge in [-0.15, -0.1) is 0 Å². The number of rotatable bonds is 7. The van der Waals surface area contributed by atoms with Crippen LogP contribution in [0, 0.1) is 17.8 Å². The van der Waals surface area contributed by atoms with Crippen LogP contribution in [0.25, 0.3) is 0 Å². The van der Waals surface area contributed by atoms with Gasteiger partial charge in [0.25, 0.3) is 0 Å². The minimum Gasteiger partial charge on any atom is -0.0655 e. The van der Waals surface area contributed by atoms with Crippen molar-refractivity contribution in [2.24, 2.45) is 17.8 Å². The van der Waals surface area contributed by atoms with Gasteiger partial charge in [-0.3, -0.25) is 0 Å². The number of hydrogen-bond acceptors (Lipinski definition) is 0. The summed E-state index contributed by atoms with van der Waals surface area (Å²) in [6, 6.07) is 0. The van der Waals surface area contributed by atoms with E-state index in [1.54, 1.807) is 0 Å². The van der Waals surface area contributed by atoms with E-state index in [-0.39, 0.29) is 0 Å². The maximum atomic E-state index is 2.69. The van der Waals surface area contributed by atoms with Crippen molar-refractivity contribution in [2.75, 3.05) is 0 Å². The summed E-state index contributed by atoms with van der Waals surface area (Å²) in [7, 11) is 2.69. The van der Waals surface area contributed by atoms with Crippen LogP contribution in [0.4, 0.5) is 0 Å². The maximum absolute atomic E-state index is 2.69. The zero-order valence-electron chi connectivity index (χ0n) is 12.8. The average molecular weight is 223 g/mol. The molecule has 0 aliphatic heterocycles. The second-order valence-corrected chi connectivity index (χ2v) is 6.33. The Bertz CT molecular complexity index is 170. The van der Waals surface area contributed by atoms with Gasteiger partial charge in [-0.1, -0.05) is 91.2 Å². The standard InChI is InChI=1S/C15H32B/c1-9-15(10-2,13(7)8)16-14(11(3)4)12(5)6/h11-14H,9-10H2,1-8H3. The van der Waals surface area contributed by atoms with E-state index in [0.717, 1.165) is 23.6 Å². The molecule has 0 heterocycles. The van der Waals surface area contributed by atoms with Crippen LogP contribution >= 0.6 is 0 Å². The minimum absolute atomic E-state index is 0.444. The molecule has 0 saturated carbocycles. The van der Waals surface area contributed by atoms with Crippen LogP contribution in [0.3, 0.4) is 0 Å². The molecule has 95 valence electrons. The van der Waals surface area contributed by atoms with Crippen LogP contribution < -0.4 is 0 Å². The lowest BCUT2D eigenvalue weighted by atomic mass is 9.37. The van der Waals surface area contributed by atoms with Crippen LogP contribution in [-0.4, -0.2) is 7.28 Å². The summed E-state index contributed by atoms with van der Waals surface area (Å²) in [5, 5.41) is 0.444. The highest BCUT2D eigenvalue weighted by Crippen LogP contribution is 2.46. The molecule has 0 bridgehead atoms. The summed E-state index contributed by atoms with van der Waals surface area (Å²) in [4.78, 5) is 0. The van der Waals surface area contributed by atoms with Gasteiger partial charge < -0.3 is 0 Å². The number of hydrogen-bond donors (Lipinski definition) is 0. The van der Waals surface area contributed by atoms with E-state index in [0.29, 0.717) is 5.31 Å². The highest BCUT2D eigenvalue weighted by molar-refractivity contribution is 6.42. The summed E-state index contributed by atoms with van der Waals surface area (Å²) in [5.41, 5.74) is 0. The van der Waals surface area contributed by atoms with Crippen molar-refractivity contribution in [3.63, 3.8) is 0 Å². The molecule has 0 nitrogen and oxygen atoms in total. The summed E-state index contributed by atoms with van der Waals surface area (Å²) in [5.74, 6) is 3.03. The molecular formula is C15H32B. The Morgan fingerprint density at radius 1 is 0.812 bits per heavy atom. The lowest BCUT2D eigenvalue weighted by Crippen LogP contribution is -2.32. The van der Waals surface area contributed by atoms with Gasteiger partial charge in [-0.05, 0) is 5.92 Å². The van der Waals surface area contributed by atoms with Gasteiger partial charge in [0, 0.05) is 0 Å². The molecule has 0 aromatic carbocycles. The van der Waals surface area contributed by atoms with Crippen molar-refractivity contribution < 1.29 is 0 Å². The quantitative estimate of drug-likeness (QED) is 0.505. The molecule has 0 N–H and O–H groups in total. The molecule has 1 radical (unpaired) electrons. The molecule has 0 aliphatic rings. The Hall–Kier alpha value is 0.0649. The lowest BCUT2D eigenvalue weighted by Gasteiger charge is -2.41. The second-order valence-electron chi connectivity index (χ2n) is 6.33. The van der Waals surface area contributed by atoms with Crippen LogP contribution in [0.15, 0.2) is 0 Å². The van der Waals surface area contributed by atoms with E-state index in [1.165, 1.54) is 12.8 Å². The summed E-state index contributed by atoms with van der Waals surface area (Å²) < 4.78 is 0. The molecule has 1 heteroatoms. The van der Waals surface area contributed by atoms with Gasteiger partial charge in [0.15, 0.2) is 0 Å². The molecule has 0 fully saturated rings. The predicted octanol–water partition coefficient (Wildman–Crippen LogP) is 5.43. The average Bonchev–Trinajstić information content (AvgIpc) is 2.18. The molecular weight excluding hydrogens is 191 g/mol. The first-order valence-corrected chi connectivity index (χ1v) is 7.16. The molecule has 0 saturated heterocycles. The van der Waals surface area contributed by atoms with Crippen molar-refractivity contribution >= 4 is 7.28 Å². The van der Waals surface area contributed by atoms with Crippen LogP contribution in [0.2, 0.25) is 11.1 Å². The monoisotopic (exact) mass is 223 g/mol. The van der Waals surface area contributed by atoms with Crippen LogP contribution in [0.1, 0.15) is 68.2 Å². The van der Waals surface area contributed by atoms with E-state index >= 15 is 0 Å². The molecule has 0 aromatic heterocycles. The van der Waals surface area contributed by atoms with Crippen LogP contribution in [0.5, 0.6) is 0 Å². The summed E-state index contributed by atoms with van der Waals surface area (Å²) in [6.07, 6.45) is 2.55. The van der Waals surface area contributed by atoms with Crippen molar-refractivity contribution in [1.29, 1.82) is 0 Å². The van der Waals surface area contributed by atoms with Gasteiger partial charge in [0.1, 0.15) is 7.28 Å². The smallest absolute Gasteiger partial charge is 0.0655 e. The highest BCUT2D eigenvalue weighted by atomic mass is 14.3. The molecule has 0 rings (SSSR count). The first-order valence-electron chi connectivity index (χ1n) is 7.16. The summed E-state index contributed by atoms with van der Waals surface area (Å²) in [6.45, 7) is 18.9. The van der Waals surface area contributed by atoms with E-state index in [9.17, 15) is 0 Å². The fraction of sp³-hybridized carbons (Fsp3) is 1.00. The van der Waals surface area contributed by atoms with Crippen molar-refractivity contribution in [2.45, 2.75) is 79.4 Å². The molecule has 0 unspecified atom stereocenters. The first kappa shape index (κ1) is 16.1. The van der Waals surface area contributed by atoms with Crippen molar-refractivity contribution in [3.8, 4) is 0 Å². The van der Waals surface area contributed by atoms with Gasteiger partial charge >= 0.3 is 0 Å². The zero-order valence-corrected chi connectivity index (χ0v) is 12.8. The molecule has 0 amide bonds. The SMILES string of the molecule is CCC([B]C(C(C)C)C(C)C)(CC)C(C)C. The topological polar surface area (TPSA) is 0 Å². The Balaban J connectivity index is 4.84. The predicted molar refractivity (Wildman–Crippen MR) is 77.3 cm³/mol. The minimum atomic E-state index is 0.444.